The number of carbonyl (C=O) groups excluding carboxylic acids is 2. The second kappa shape index (κ2) is 7.55. The molecular weight excluding hydrogens is 367 g/mol. The fraction of sp³-hybridized carbons (Fsp3) is 0.294. The number of benzene rings is 1. The van der Waals surface area contributed by atoms with Gasteiger partial charge in [-0.15, -0.1) is 5.10 Å². The zero-order valence-corrected chi connectivity index (χ0v) is 14.8. The topological polar surface area (TPSA) is 113 Å². The van der Waals surface area contributed by atoms with Crippen LogP contribution in [-0.2, 0) is 11.3 Å². The van der Waals surface area contributed by atoms with Gasteiger partial charge in [0.25, 0.3) is 5.91 Å². The number of hydrogen-bond acceptors (Lipinski definition) is 6. The molecule has 1 N–H and O–H groups in total. The summed E-state index contributed by atoms with van der Waals surface area (Å²) in [4.78, 5) is 28.5. The van der Waals surface area contributed by atoms with Crippen molar-refractivity contribution in [2.75, 3.05) is 26.2 Å². The number of nitrogens with one attached hydrogen (secondary N) is 1. The van der Waals surface area contributed by atoms with Gasteiger partial charge in [0.2, 0.25) is 5.91 Å². The Morgan fingerprint density at radius 1 is 1.11 bits per heavy atom. The van der Waals surface area contributed by atoms with Crippen molar-refractivity contribution >= 4 is 11.8 Å². The van der Waals surface area contributed by atoms with Crippen molar-refractivity contribution in [1.82, 2.24) is 40.2 Å². The summed E-state index contributed by atoms with van der Waals surface area (Å²) in [6.07, 6.45) is 2.78. The van der Waals surface area contributed by atoms with E-state index >= 15 is 0 Å². The van der Waals surface area contributed by atoms with E-state index in [1.807, 2.05) is 0 Å². The van der Waals surface area contributed by atoms with Crippen LogP contribution in [0.1, 0.15) is 10.4 Å². The minimum atomic E-state index is -0.432. The summed E-state index contributed by atoms with van der Waals surface area (Å²) in [6, 6.07) is 6.21. The molecule has 0 atom stereocenters. The number of piperazine rings is 1. The Labute approximate surface area is 158 Å². The lowest BCUT2D eigenvalue weighted by atomic mass is 10.1. The summed E-state index contributed by atoms with van der Waals surface area (Å²) >= 11 is 0. The van der Waals surface area contributed by atoms with Crippen LogP contribution in [0.25, 0.3) is 11.3 Å². The van der Waals surface area contributed by atoms with E-state index in [4.69, 9.17) is 0 Å². The van der Waals surface area contributed by atoms with Gasteiger partial charge >= 0.3 is 0 Å². The zero-order chi connectivity index (χ0) is 19.5. The predicted octanol–water partition coefficient (Wildman–Crippen LogP) is 0.187. The molecule has 3 heterocycles. The van der Waals surface area contributed by atoms with E-state index in [-0.39, 0.29) is 18.4 Å². The van der Waals surface area contributed by atoms with Crippen LogP contribution in [0.5, 0.6) is 0 Å². The number of aromatic nitrogens is 6. The van der Waals surface area contributed by atoms with E-state index < -0.39 is 5.82 Å². The van der Waals surface area contributed by atoms with Crippen LogP contribution in [-0.4, -0.2) is 78.2 Å². The van der Waals surface area contributed by atoms with E-state index in [2.05, 4.69) is 25.7 Å². The molecule has 1 aromatic carbocycles. The largest absolute Gasteiger partial charge is 0.338 e. The summed E-state index contributed by atoms with van der Waals surface area (Å²) < 4.78 is 15.5. The van der Waals surface area contributed by atoms with Crippen LogP contribution in [0, 0.1) is 5.82 Å². The SMILES string of the molecule is O=C(Cn1cnnn1)N1CCN(C(=O)c2cn[nH]c2-c2ccccc2F)CC1. The minimum absolute atomic E-state index is 0.0557. The normalized spacial score (nSPS) is 14.3. The van der Waals surface area contributed by atoms with E-state index in [1.54, 1.807) is 28.0 Å². The third kappa shape index (κ3) is 3.46. The molecule has 0 radical (unpaired) electrons. The van der Waals surface area contributed by atoms with Gasteiger partial charge < -0.3 is 9.80 Å². The molecule has 1 fully saturated rings. The van der Waals surface area contributed by atoms with Gasteiger partial charge in [0.15, 0.2) is 0 Å². The first-order chi connectivity index (χ1) is 13.6. The number of carbonyl (C=O) groups is 2. The van der Waals surface area contributed by atoms with Crippen LogP contribution in [0.3, 0.4) is 0 Å². The Morgan fingerprint density at radius 2 is 1.86 bits per heavy atom. The summed E-state index contributed by atoms with van der Waals surface area (Å²) in [5, 5.41) is 17.3. The van der Waals surface area contributed by atoms with Gasteiger partial charge in [-0.1, -0.05) is 12.1 Å². The lowest BCUT2D eigenvalue weighted by Crippen LogP contribution is -2.51. The molecule has 0 bridgehead atoms. The third-order valence-electron chi connectivity index (χ3n) is 4.62. The molecule has 10 nitrogen and oxygen atoms in total. The number of nitrogens with zero attached hydrogens (tertiary/aromatic N) is 7. The highest BCUT2D eigenvalue weighted by molar-refractivity contribution is 6.00. The lowest BCUT2D eigenvalue weighted by Gasteiger charge is -2.34. The van der Waals surface area contributed by atoms with Crippen molar-refractivity contribution in [2.24, 2.45) is 0 Å². The lowest BCUT2D eigenvalue weighted by molar-refractivity contribution is -0.133. The Hall–Kier alpha value is -3.63. The first-order valence-corrected chi connectivity index (χ1v) is 8.69. The Kier molecular flexibility index (Phi) is 4.79. The van der Waals surface area contributed by atoms with Crippen LogP contribution in [0.4, 0.5) is 4.39 Å². The second-order valence-electron chi connectivity index (χ2n) is 6.32. The molecule has 11 heteroatoms. The summed E-state index contributed by atoms with van der Waals surface area (Å²) in [5.74, 6) is -0.798. The van der Waals surface area contributed by atoms with E-state index in [9.17, 15) is 14.0 Å². The van der Waals surface area contributed by atoms with Gasteiger partial charge in [0.1, 0.15) is 18.7 Å². The summed E-state index contributed by atoms with van der Waals surface area (Å²) in [6.45, 7) is 1.61. The molecule has 0 unspecified atom stereocenters. The molecule has 1 aliphatic rings. The Bertz CT molecular complexity index is 979. The second-order valence-corrected chi connectivity index (χ2v) is 6.32. The monoisotopic (exact) mass is 384 g/mol. The maximum absolute atomic E-state index is 14.1. The van der Waals surface area contributed by atoms with Gasteiger partial charge in [-0.3, -0.25) is 14.7 Å². The highest BCUT2D eigenvalue weighted by Crippen LogP contribution is 2.25. The number of amides is 2. The first kappa shape index (κ1) is 17.8. The first-order valence-electron chi connectivity index (χ1n) is 8.69. The molecule has 1 aliphatic heterocycles. The molecular formula is C17H17FN8O2. The van der Waals surface area contributed by atoms with Crippen molar-refractivity contribution in [2.45, 2.75) is 6.54 Å². The fourth-order valence-corrected chi connectivity index (χ4v) is 3.14. The van der Waals surface area contributed by atoms with Crippen molar-refractivity contribution in [3.05, 3.63) is 48.2 Å². The molecule has 1 saturated heterocycles. The molecule has 2 amide bonds. The average Bonchev–Trinajstić information content (AvgIpc) is 3.40. The zero-order valence-electron chi connectivity index (χ0n) is 14.8. The molecule has 4 rings (SSSR count). The number of halogens is 1. The summed E-state index contributed by atoms with van der Waals surface area (Å²) in [5.41, 5.74) is 0.942. The molecule has 0 aliphatic carbocycles. The van der Waals surface area contributed by atoms with Crippen LogP contribution in [0.15, 0.2) is 36.8 Å². The van der Waals surface area contributed by atoms with Crippen molar-refractivity contribution < 1.29 is 14.0 Å². The van der Waals surface area contributed by atoms with E-state index in [1.165, 1.54) is 23.3 Å². The Balaban J connectivity index is 1.42. The number of rotatable bonds is 4. The van der Waals surface area contributed by atoms with Gasteiger partial charge in [-0.05, 0) is 22.6 Å². The molecule has 28 heavy (non-hydrogen) atoms. The van der Waals surface area contributed by atoms with Crippen molar-refractivity contribution in [1.29, 1.82) is 0 Å². The van der Waals surface area contributed by atoms with Gasteiger partial charge in [-0.25, -0.2) is 9.07 Å². The predicted molar refractivity (Wildman–Crippen MR) is 94.3 cm³/mol. The maximum Gasteiger partial charge on any atom is 0.257 e. The minimum Gasteiger partial charge on any atom is -0.338 e. The number of tetrazole rings is 1. The number of aromatic amines is 1. The highest BCUT2D eigenvalue weighted by atomic mass is 19.1. The van der Waals surface area contributed by atoms with Gasteiger partial charge in [0, 0.05) is 31.7 Å². The highest BCUT2D eigenvalue weighted by Gasteiger charge is 2.27. The van der Waals surface area contributed by atoms with E-state index in [0.717, 1.165) is 0 Å². The number of H-pyrrole nitrogens is 1. The fourth-order valence-electron chi connectivity index (χ4n) is 3.14. The van der Waals surface area contributed by atoms with Crippen molar-refractivity contribution in [3.8, 4) is 11.3 Å². The average molecular weight is 384 g/mol. The molecule has 2 aromatic heterocycles. The molecule has 0 spiro atoms. The van der Waals surface area contributed by atoms with Gasteiger partial charge in [-0.2, -0.15) is 5.10 Å². The maximum atomic E-state index is 14.1. The van der Waals surface area contributed by atoms with E-state index in [0.29, 0.717) is 43.0 Å². The van der Waals surface area contributed by atoms with Gasteiger partial charge in [0.05, 0.1) is 17.5 Å². The Morgan fingerprint density at radius 3 is 2.57 bits per heavy atom. The third-order valence-corrected chi connectivity index (χ3v) is 4.62. The molecule has 144 valence electrons. The van der Waals surface area contributed by atoms with Crippen molar-refractivity contribution in [3.63, 3.8) is 0 Å². The van der Waals surface area contributed by atoms with Crippen LogP contribution >= 0.6 is 0 Å². The van der Waals surface area contributed by atoms with Crippen LogP contribution < -0.4 is 0 Å². The number of hydrogen-bond donors (Lipinski definition) is 1. The summed E-state index contributed by atoms with van der Waals surface area (Å²) in [7, 11) is 0. The molecule has 3 aromatic rings. The van der Waals surface area contributed by atoms with Crippen LogP contribution in [0.2, 0.25) is 0 Å². The quantitative estimate of drug-likeness (QED) is 0.687. The molecule has 0 saturated carbocycles. The standard InChI is InChI=1S/C17H17FN8O2/c18-14-4-2-1-3-12(14)16-13(9-19-21-16)17(28)25-7-5-24(6-8-25)15(27)10-26-11-20-22-23-26/h1-4,9,11H,5-8,10H2,(H,19,21). The smallest absolute Gasteiger partial charge is 0.257 e.